The zero-order valence-corrected chi connectivity index (χ0v) is 17.4. The number of fused-ring (bicyclic) bond motifs is 1. The maximum absolute atomic E-state index is 12.5. The largest absolute Gasteiger partial charge is 0.357 e. The van der Waals surface area contributed by atoms with Gasteiger partial charge in [-0.3, -0.25) is 9.69 Å². The molecule has 6 heteroatoms. The van der Waals surface area contributed by atoms with Gasteiger partial charge in [0, 0.05) is 51.4 Å². The standard InChI is InChI=1S/C24H29N5O/c25-16-19-6-7-23(27-17-19)29-14-9-21(10-15-29)24(30)26-11-3-12-28-13-8-20-4-1-2-5-22(20)18-28/h1-2,4-7,17,21H,3,8-15,18H2,(H,26,30). The van der Waals surface area contributed by atoms with Crippen molar-refractivity contribution in [3.8, 4) is 6.07 Å². The van der Waals surface area contributed by atoms with Gasteiger partial charge >= 0.3 is 0 Å². The molecule has 1 amide bonds. The highest BCUT2D eigenvalue weighted by atomic mass is 16.1. The lowest BCUT2D eigenvalue weighted by Gasteiger charge is -2.32. The fourth-order valence-electron chi connectivity index (χ4n) is 4.41. The number of benzene rings is 1. The zero-order chi connectivity index (χ0) is 20.8. The van der Waals surface area contributed by atoms with E-state index < -0.39 is 0 Å². The molecule has 0 radical (unpaired) electrons. The third-order valence-corrected chi connectivity index (χ3v) is 6.23. The predicted octanol–water partition coefficient (Wildman–Crippen LogP) is 2.73. The average molecular weight is 404 g/mol. The summed E-state index contributed by atoms with van der Waals surface area (Å²) in [7, 11) is 0. The van der Waals surface area contributed by atoms with Gasteiger partial charge in [0.15, 0.2) is 0 Å². The third kappa shape index (κ3) is 4.98. The van der Waals surface area contributed by atoms with Crippen LogP contribution >= 0.6 is 0 Å². The van der Waals surface area contributed by atoms with Crippen molar-refractivity contribution in [1.82, 2.24) is 15.2 Å². The molecule has 0 unspecified atom stereocenters. The Labute approximate surface area is 178 Å². The normalized spacial score (nSPS) is 17.2. The molecule has 0 saturated carbocycles. The van der Waals surface area contributed by atoms with Gasteiger partial charge in [0.1, 0.15) is 11.9 Å². The number of hydrogen-bond acceptors (Lipinski definition) is 5. The summed E-state index contributed by atoms with van der Waals surface area (Å²) >= 11 is 0. The Morgan fingerprint density at radius 3 is 2.67 bits per heavy atom. The zero-order valence-electron chi connectivity index (χ0n) is 17.4. The second-order valence-electron chi connectivity index (χ2n) is 8.22. The summed E-state index contributed by atoms with van der Waals surface area (Å²) in [5.41, 5.74) is 3.49. The van der Waals surface area contributed by atoms with E-state index in [0.29, 0.717) is 5.56 Å². The number of nitrogens with one attached hydrogen (secondary N) is 1. The van der Waals surface area contributed by atoms with Crippen LogP contribution in [0.4, 0.5) is 5.82 Å². The number of carbonyl (C=O) groups is 1. The van der Waals surface area contributed by atoms with E-state index in [0.717, 1.165) is 70.8 Å². The molecule has 1 aromatic carbocycles. The topological polar surface area (TPSA) is 72.3 Å². The van der Waals surface area contributed by atoms with E-state index in [2.05, 4.69) is 50.4 Å². The minimum atomic E-state index is 0.0847. The molecule has 2 aliphatic heterocycles. The molecule has 6 nitrogen and oxygen atoms in total. The summed E-state index contributed by atoms with van der Waals surface area (Å²) in [4.78, 5) is 21.6. The van der Waals surface area contributed by atoms with Gasteiger partial charge in [-0.2, -0.15) is 5.26 Å². The highest BCUT2D eigenvalue weighted by Gasteiger charge is 2.25. The first kappa shape index (κ1) is 20.4. The molecule has 2 aromatic rings. The number of carbonyl (C=O) groups excluding carboxylic acids is 1. The fraction of sp³-hybridized carbons (Fsp3) is 0.458. The molecule has 30 heavy (non-hydrogen) atoms. The lowest BCUT2D eigenvalue weighted by molar-refractivity contribution is -0.125. The minimum Gasteiger partial charge on any atom is -0.357 e. The number of anilines is 1. The van der Waals surface area contributed by atoms with Crippen LogP contribution in [0.1, 0.15) is 36.0 Å². The SMILES string of the molecule is N#Cc1ccc(N2CCC(C(=O)NCCCN3CCc4ccccc4C3)CC2)nc1. The molecule has 0 bridgehead atoms. The predicted molar refractivity (Wildman–Crippen MR) is 117 cm³/mol. The lowest BCUT2D eigenvalue weighted by atomic mass is 9.96. The number of nitriles is 1. The highest BCUT2D eigenvalue weighted by Crippen LogP contribution is 2.22. The van der Waals surface area contributed by atoms with E-state index in [1.807, 2.05) is 6.07 Å². The van der Waals surface area contributed by atoms with Gasteiger partial charge < -0.3 is 10.2 Å². The molecule has 1 aromatic heterocycles. The smallest absolute Gasteiger partial charge is 0.223 e. The molecule has 4 rings (SSSR count). The second-order valence-corrected chi connectivity index (χ2v) is 8.22. The summed E-state index contributed by atoms with van der Waals surface area (Å²) in [6.45, 7) is 5.54. The van der Waals surface area contributed by atoms with Crippen LogP contribution in [0, 0.1) is 17.2 Å². The van der Waals surface area contributed by atoms with Gasteiger partial charge in [0.25, 0.3) is 0 Å². The molecule has 3 heterocycles. The molecule has 1 saturated heterocycles. The Bertz CT molecular complexity index is 897. The van der Waals surface area contributed by atoms with E-state index in [1.165, 1.54) is 11.1 Å². The van der Waals surface area contributed by atoms with Crippen LogP contribution in [-0.4, -0.2) is 48.5 Å². The van der Waals surface area contributed by atoms with Crippen molar-refractivity contribution >= 4 is 11.7 Å². The van der Waals surface area contributed by atoms with Crippen LogP contribution < -0.4 is 10.2 Å². The molecule has 0 atom stereocenters. The van der Waals surface area contributed by atoms with E-state index >= 15 is 0 Å². The molecule has 1 fully saturated rings. The number of rotatable bonds is 6. The molecule has 0 spiro atoms. The van der Waals surface area contributed by atoms with Crippen molar-refractivity contribution in [2.75, 3.05) is 37.6 Å². The molecule has 156 valence electrons. The van der Waals surface area contributed by atoms with Crippen LogP contribution in [0.2, 0.25) is 0 Å². The summed E-state index contributed by atoms with van der Waals surface area (Å²) in [6.07, 6.45) is 5.40. The molecule has 1 N–H and O–H groups in total. The first-order valence-electron chi connectivity index (χ1n) is 10.9. The molecule has 0 aliphatic carbocycles. The Morgan fingerprint density at radius 1 is 1.13 bits per heavy atom. The number of nitrogens with zero attached hydrogens (tertiary/aromatic N) is 4. The first-order valence-corrected chi connectivity index (χ1v) is 10.9. The first-order chi connectivity index (χ1) is 14.7. The maximum Gasteiger partial charge on any atom is 0.223 e. The summed E-state index contributed by atoms with van der Waals surface area (Å²) < 4.78 is 0. The van der Waals surface area contributed by atoms with Crippen molar-refractivity contribution in [2.45, 2.75) is 32.2 Å². The van der Waals surface area contributed by atoms with Crippen LogP contribution in [0.15, 0.2) is 42.6 Å². The average Bonchev–Trinajstić information content (AvgIpc) is 2.82. The monoisotopic (exact) mass is 403 g/mol. The second kappa shape index (κ2) is 9.73. The van der Waals surface area contributed by atoms with Crippen LogP contribution in [0.3, 0.4) is 0 Å². The Balaban J connectivity index is 1.15. The van der Waals surface area contributed by atoms with Crippen molar-refractivity contribution < 1.29 is 4.79 Å². The van der Waals surface area contributed by atoms with Gasteiger partial charge in [-0.25, -0.2) is 4.98 Å². The van der Waals surface area contributed by atoms with Gasteiger partial charge in [-0.1, -0.05) is 24.3 Å². The maximum atomic E-state index is 12.5. The highest BCUT2D eigenvalue weighted by molar-refractivity contribution is 5.78. The summed E-state index contributed by atoms with van der Waals surface area (Å²) in [5, 5.41) is 12.0. The Morgan fingerprint density at radius 2 is 1.93 bits per heavy atom. The Hall–Kier alpha value is -2.91. The van der Waals surface area contributed by atoms with E-state index in [-0.39, 0.29) is 11.8 Å². The lowest BCUT2D eigenvalue weighted by Crippen LogP contribution is -2.41. The number of hydrogen-bond donors (Lipinski definition) is 1. The minimum absolute atomic E-state index is 0.0847. The van der Waals surface area contributed by atoms with Crippen LogP contribution in [0.25, 0.3) is 0 Å². The third-order valence-electron chi connectivity index (χ3n) is 6.23. The van der Waals surface area contributed by atoms with Crippen molar-refractivity contribution in [1.29, 1.82) is 5.26 Å². The van der Waals surface area contributed by atoms with Crippen LogP contribution in [-0.2, 0) is 17.8 Å². The molecule has 2 aliphatic rings. The fourth-order valence-corrected chi connectivity index (χ4v) is 4.41. The van der Waals surface area contributed by atoms with Gasteiger partial charge in [-0.15, -0.1) is 0 Å². The number of aromatic nitrogens is 1. The van der Waals surface area contributed by atoms with E-state index in [1.54, 1.807) is 12.3 Å². The van der Waals surface area contributed by atoms with Crippen molar-refractivity contribution in [3.63, 3.8) is 0 Å². The Kier molecular flexibility index (Phi) is 6.60. The van der Waals surface area contributed by atoms with Crippen molar-refractivity contribution in [3.05, 3.63) is 59.3 Å². The van der Waals surface area contributed by atoms with Crippen molar-refractivity contribution in [2.24, 2.45) is 5.92 Å². The van der Waals surface area contributed by atoms with Gasteiger partial charge in [0.2, 0.25) is 5.91 Å². The van der Waals surface area contributed by atoms with E-state index in [9.17, 15) is 4.79 Å². The summed E-state index contributed by atoms with van der Waals surface area (Å²) in [6, 6.07) is 14.5. The quantitative estimate of drug-likeness (QED) is 0.751. The number of pyridine rings is 1. The number of piperidine rings is 1. The van der Waals surface area contributed by atoms with Gasteiger partial charge in [-0.05, 0) is 48.9 Å². The van der Waals surface area contributed by atoms with Gasteiger partial charge in [0.05, 0.1) is 5.56 Å². The van der Waals surface area contributed by atoms with Crippen LogP contribution in [0.5, 0.6) is 0 Å². The van der Waals surface area contributed by atoms with E-state index in [4.69, 9.17) is 5.26 Å². The molecular formula is C24H29N5O. The summed E-state index contributed by atoms with van der Waals surface area (Å²) in [5.74, 6) is 1.16. The number of amides is 1. The molecular weight excluding hydrogens is 374 g/mol.